The van der Waals surface area contributed by atoms with Crippen molar-refractivity contribution >= 4 is 35.1 Å². The molecule has 5 heterocycles. The van der Waals surface area contributed by atoms with E-state index in [0.29, 0.717) is 30.3 Å². The van der Waals surface area contributed by atoms with Crippen molar-refractivity contribution in [3.63, 3.8) is 0 Å². The molecule has 41 heavy (non-hydrogen) atoms. The lowest BCUT2D eigenvalue weighted by atomic mass is 9.91. The molecule has 2 saturated heterocycles. The van der Waals surface area contributed by atoms with Crippen molar-refractivity contribution in [1.29, 1.82) is 0 Å². The number of benzene rings is 1. The van der Waals surface area contributed by atoms with E-state index in [4.69, 9.17) is 26.3 Å². The van der Waals surface area contributed by atoms with Gasteiger partial charge in [-0.25, -0.2) is 14.8 Å². The molecule has 0 aliphatic carbocycles. The topological polar surface area (TPSA) is 120 Å². The van der Waals surface area contributed by atoms with Gasteiger partial charge in [0.1, 0.15) is 11.4 Å². The van der Waals surface area contributed by atoms with Crippen molar-refractivity contribution in [1.82, 2.24) is 25.1 Å². The molecule has 3 aromatic rings. The average Bonchev–Trinajstić information content (AvgIpc) is 2.97. The molecule has 3 aliphatic rings. The predicted molar refractivity (Wildman–Crippen MR) is 158 cm³/mol. The highest BCUT2D eigenvalue weighted by atomic mass is 35.5. The average molecular weight is 579 g/mol. The van der Waals surface area contributed by atoms with Crippen LogP contribution in [-0.2, 0) is 4.74 Å². The molecule has 3 aliphatic heterocycles. The van der Waals surface area contributed by atoms with Crippen molar-refractivity contribution in [3.8, 4) is 17.0 Å². The van der Waals surface area contributed by atoms with Crippen LogP contribution in [0.5, 0.6) is 5.75 Å². The molecule has 0 unspecified atom stereocenters. The molecule has 11 nitrogen and oxygen atoms in total. The van der Waals surface area contributed by atoms with Gasteiger partial charge in [0, 0.05) is 57.2 Å². The van der Waals surface area contributed by atoms with Gasteiger partial charge < -0.3 is 29.9 Å². The Labute approximate surface area is 244 Å². The first-order valence-corrected chi connectivity index (χ1v) is 14.4. The molecule has 12 heteroatoms. The zero-order valence-corrected chi connectivity index (χ0v) is 24.3. The van der Waals surface area contributed by atoms with Crippen LogP contribution in [0.4, 0.5) is 22.2 Å². The van der Waals surface area contributed by atoms with Gasteiger partial charge >= 0.3 is 6.09 Å². The molecule has 1 atom stereocenters. The summed E-state index contributed by atoms with van der Waals surface area (Å²) < 4.78 is 5.52. The predicted octanol–water partition coefficient (Wildman–Crippen LogP) is 4.53. The van der Waals surface area contributed by atoms with Crippen LogP contribution in [0.2, 0.25) is 5.02 Å². The highest BCUT2D eigenvalue weighted by Gasteiger charge is 2.34. The summed E-state index contributed by atoms with van der Waals surface area (Å²) >= 11 is 6.12. The number of para-hydroxylation sites is 1. The number of aromatic nitrogens is 4. The molecule has 2 aromatic heterocycles. The number of carbonyl (C=O) groups is 1. The molecular formula is C29H35ClN8O3. The molecule has 2 N–H and O–H groups in total. The van der Waals surface area contributed by atoms with E-state index in [0.717, 1.165) is 62.0 Å². The number of likely N-dealkylation sites (tertiary alicyclic amines) is 1. The number of piperazine rings is 1. The number of carbonyl (C=O) groups excluding carboxylic acids is 1. The fourth-order valence-electron chi connectivity index (χ4n) is 5.75. The van der Waals surface area contributed by atoms with Crippen molar-refractivity contribution < 1.29 is 14.6 Å². The number of aromatic hydroxyl groups is 1. The van der Waals surface area contributed by atoms with Crippen LogP contribution in [0.25, 0.3) is 11.3 Å². The minimum atomic E-state index is -0.488. The standard InChI is InChI=1S/C29H35ClN8O3/c1-29(2,3)41-28(40)36-9-7-18(8-10-36)19-14-32-27(33-15-19)37-11-12-38-20(17-37)16-31-26-24(38)13-23(34-35-26)21-5-4-6-22(30)25(21)39/h4-6,13-15,18,20,39H,7-12,16-17H2,1-3H3,(H,31,35)/t20-/m1/s1. The van der Waals surface area contributed by atoms with Gasteiger partial charge in [-0.1, -0.05) is 17.7 Å². The van der Waals surface area contributed by atoms with E-state index in [1.807, 2.05) is 39.2 Å². The zero-order valence-electron chi connectivity index (χ0n) is 23.5. The Morgan fingerprint density at radius 3 is 2.59 bits per heavy atom. The SMILES string of the molecule is CC(C)(C)OC(=O)N1CCC(c2cnc(N3CCN4c5cc(-c6cccc(Cl)c6O)nnc5NC[C@@H]4C3)nc2)CC1. The number of hydrogen-bond acceptors (Lipinski definition) is 10. The highest BCUT2D eigenvalue weighted by molar-refractivity contribution is 6.32. The third-order valence-electron chi connectivity index (χ3n) is 7.89. The van der Waals surface area contributed by atoms with Gasteiger partial charge in [0.05, 0.1) is 22.4 Å². The summed E-state index contributed by atoms with van der Waals surface area (Å²) in [6, 6.07) is 7.38. The Hall–Kier alpha value is -3.86. The lowest BCUT2D eigenvalue weighted by molar-refractivity contribution is 0.0204. The van der Waals surface area contributed by atoms with Gasteiger partial charge in [-0.3, -0.25) is 0 Å². The number of nitrogens with one attached hydrogen (secondary N) is 1. The number of nitrogens with zero attached hydrogens (tertiary/aromatic N) is 7. The van der Waals surface area contributed by atoms with Crippen LogP contribution in [0.1, 0.15) is 45.1 Å². The number of amides is 1. The smallest absolute Gasteiger partial charge is 0.410 e. The van der Waals surface area contributed by atoms with Gasteiger partial charge in [0.15, 0.2) is 5.82 Å². The second-order valence-electron chi connectivity index (χ2n) is 11.8. The molecule has 0 radical (unpaired) electrons. The van der Waals surface area contributed by atoms with E-state index < -0.39 is 5.60 Å². The number of anilines is 3. The third-order valence-corrected chi connectivity index (χ3v) is 8.20. The van der Waals surface area contributed by atoms with Gasteiger partial charge in [-0.2, -0.15) is 0 Å². The normalized spacial score (nSPS) is 19.3. The number of phenols is 1. The molecule has 0 bridgehead atoms. The van der Waals surface area contributed by atoms with E-state index in [1.54, 1.807) is 23.1 Å². The molecule has 1 amide bonds. The number of hydrogen-bond donors (Lipinski definition) is 2. The maximum atomic E-state index is 12.4. The first kappa shape index (κ1) is 27.3. The van der Waals surface area contributed by atoms with Gasteiger partial charge in [-0.05, 0) is 63.3 Å². The largest absolute Gasteiger partial charge is 0.506 e. The summed E-state index contributed by atoms with van der Waals surface area (Å²) in [5, 5.41) is 22.9. The number of halogens is 1. The van der Waals surface area contributed by atoms with E-state index in [-0.39, 0.29) is 22.9 Å². The van der Waals surface area contributed by atoms with Crippen molar-refractivity contribution in [2.24, 2.45) is 0 Å². The van der Waals surface area contributed by atoms with E-state index in [1.165, 1.54) is 0 Å². The Balaban J connectivity index is 1.09. The van der Waals surface area contributed by atoms with Crippen LogP contribution in [0.15, 0.2) is 36.7 Å². The van der Waals surface area contributed by atoms with Crippen molar-refractivity contribution in [2.45, 2.75) is 51.2 Å². The summed E-state index contributed by atoms with van der Waals surface area (Å²) in [7, 11) is 0. The number of fused-ring (bicyclic) bond motifs is 3. The quantitative estimate of drug-likeness (QED) is 0.459. The Bertz CT molecular complexity index is 1420. The zero-order chi connectivity index (χ0) is 28.7. The molecule has 2 fully saturated rings. The monoisotopic (exact) mass is 578 g/mol. The molecule has 6 rings (SSSR count). The summed E-state index contributed by atoms with van der Waals surface area (Å²) in [6.45, 7) is 10.0. The molecule has 0 saturated carbocycles. The van der Waals surface area contributed by atoms with Crippen LogP contribution < -0.4 is 15.1 Å². The van der Waals surface area contributed by atoms with E-state index >= 15 is 0 Å². The first-order valence-electron chi connectivity index (χ1n) is 14.1. The Morgan fingerprint density at radius 1 is 1.10 bits per heavy atom. The van der Waals surface area contributed by atoms with Crippen molar-refractivity contribution in [3.05, 3.63) is 47.2 Å². The second-order valence-corrected chi connectivity index (χ2v) is 12.2. The summed E-state index contributed by atoms with van der Waals surface area (Å²) in [5.74, 6) is 1.79. The molecule has 0 spiro atoms. The van der Waals surface area contributed by atoms with E-state index in [9.17, 15) is 9.90 Å². The number of ether oxygens (including phenoxy) is 1. The Morgan fingerprint density at radius 2 is 1.85 bits per heavy atom. The lowest BCUT2D eigenvalue weighted by Crippen LogP contribution is -2.58. The second kappa shape index (κ2) is 10.8. The summed E-state index contributed by atoms with van der Waals surface area (Å²) in [4.78, 5) is 28.2. The van der Waals surface area contributed by atoms with Gasteiger partial charge in [0.2, 0.25) is 5.95 Å². The summed E-state index contributed by atoms with van der Waals surface area (Å²) in [5.41, 5.74) is 2.71. The van der Waals surface area contributed by atoms with Crippen LogP contribution in [0, 0.1) is 0 Å². The molecular weight excluding hydrogens is 544 g/mol. The fourth-order valence-corrected chi connectivity index (χ4v) is 5.93. The molecule has 1 aromatic carbocycles. The van der Waals surface area contributed by atoms with Crippen LogP contribution in [-0.4, -0.2) is 87.2 Å². The number of phenolic OH excluding ortho intramolecular Hbond substituents is 1. The van der Waals surface area contributed by atoms with Crippen molar-refractivity contribution in [2.75, 3.05) is 54.4 Å². The minimum absolute atomic E-state index is 0.00254. The maximum absolute atomic E-state index is 12.4. The lowest BCUT2D eigenvalue weighted by Gasteiger charge is -2.45. The fraction of sp³-hybridized carbons (Fsp3) is 0.483. The highest BCUT2D eigenvalue weighted by Crippen LogP contribution is 2.38. The first-order chi connectivity index (χ1) is 19.7. The van der Waals surface area contributed by atoms with Gasteiger partial charge in [0.25, 0.3) is 0 Å². The van der Waals surface area contributed by atoms with Gasteiger partial charge in [-0.15, -0.1) is 10.2 Å². The minimum Gasteiger partial charge on any atom is -0.506 e. The number of rotatable bonds is 3. The third kappa shape index (κ3) is 5.68. The van der Waals surface area contributed by atoms with Crippen LogP contribution >= 0.6 is 11.6 Å². The molecule has 216 valence electrons. The number of piperidine rings is 1. The maximum Gasteiger partial charge on any atom is 0.410 e. The Kier molecular flexibility index (Phi) is 7.23. The van der Waals surface area contributed by atoms with E-state index in [2.05, 4.69) is 25.3 Å². The summed E-state index contributed by atoms with van der Waals surface area (Å²) in [6.07, 6.45) is 5.37. The van der Waals surface area contributed by atoms with Crippen LogP contribution in [0.3, 0.4) is 0 Å².